The number of hydroxylamine groups is 1. The molecule has 0 saturated heterocycles. The molecule has 0 aromatic heterocycles. The van der Waals surface area contributed by atoms with E-state index >= 15 is 0 Å². The topological polar surface area (TPSA) is 92.6 Å². The molecular weight excluding hydrogens is 202 g/mol. The van der Waals surface area contributed by atoms with Gasteiger partial charge in [-0.05, 0) is 18.2 Å². The van der Waals surface area contributed by atoms with Gasteiger partial charge in [-0.3, -0.25) is 10.0 Å². The van der Waals surface area contributed by atoms with Crippen molar-refractivity contribution >= 4 is 23.4 Å². The fourth-order valence-corrected chi connectivity index (χ4v) is 2.16. The minimum Gasteiger partial charge on any atom is -0.366 e. The van der Waals surface area contributed by atoms with Gasteiger partial charge in [-0.1, -0.05) is 11.8 Å². The second-order valence-electron chi connectivity index (χ2n) is 2.90. The van der Waals surface area contributed by atoms with Gasteiger partial charge in [0.25, 0.3) is 0 Å². The molecule has 0 radical (unpaired) electrons. The lowest BCUT2D eigenvalue weighted by molar-refractivity contribution is 0.1000. The Morgan fingerprint density at radius 2 is 2.29 bits per heavy atom. The highest BCUT2D eigenvalue weighted by Gasteiger charge is 2.26. The molecule has 6 heteroatoms. The molecule has 2 rings (SSSR count). The Bertz CT molecular complexity index is 396. The van der Waals surface area contributed by atoms with Crippen molar-refractivity contribution in [1.29, 1.82) is 0 Å². The number of benzene rings is 1. The molecule has 1 unspecified atom stereocenters. The van der Waals surface area contributed by atoms with Crippen molar-refractivity contribution in [3.05, 3.63) is 23.8 Å². The number of nitrogens with zero attached hydrogens (tertiary/aromatic N) is 1. The molecule has 5 nitrogen and oxygen atoms in total. The number of carbonyl (C=O) groups is 1. The van der Waals surface area contributed by atoms with Crippen molar-refractivity contribution in [2.75, 3.05) is 5.06 Å². The van der Waals surface area contributed by atoms with E-state index in [-0.39, 0.29) is 0 Å². The van der Waals surface area contributed by atoms with E-state index in [1.165, 1.54) is 17.8 Å². The van der Waals surface area contributed by atoms with E-state index in [1.807, 2.05) is 0 Å². The van der Waals surface area contributed by atoms with Gasteiger partial charge in [0, 0.05) is 10.5 Å². The second-order valence-corrected chi connectivity index (χ2v) is 4.06. The van der Waals surface area contributed by atoms with E-state index in [2.05, 4.69) is 0 Å². The molecule has 1 aliphatic rings. The Hall–Kier alpha value is -1.24. The average molecular weight is 211 g/mol. The smallest absolute Gasteiger partial charge is 0.248 e. The molecule has 0 fully saturated rings. The standard InChI is InChI=1S/C8H9N3O2S/c9-7(12)4-1-2-6-5(3-4)11(13)8(10)14-6/h1-3,8,13H,10H2,(H2,9,12). The van der Waals surface area contributed by atoms with E-state index < -0.39 is 11.4 Å². The number of nitrogens with two attached hydrogens (primary N) is 2. The summed E-state index contributed by atoms with van der Waals surface area (Å²) in [5.41, 5.74) is 11.1. The monoisotopic (exact) mass is 211 g/mol. The van der Waals surface area contributed by atoms with Crippen LogP contribution in [0.2, 0.25) is 0 Å². The lowest BCUT2D eigenvalue weighted by Crippen LogP contribution is -2.33. The van der Waals surface area contributed by atoms with Gasteiger partial charge in [-0.25, -0.2) is 5.06 Å². The summed E-state index contributed by atoms with van der Waals surface area (Å²) in [5, 5.41) is 10.4. The second kappa shape index (κ2) is 3.16. The number of hydrogen-bond donors (Lipinski definition) is 3. The zero-order chi connectivity index (χ0) is 10.3. The molecule has 0 spiro atoms. The van der Waals surface area contributed by atoms with Gasteiger partial charge in [0.05, 0.1) is 5.69 Å². The predicted molar refractivity (Wildman–Crippen MR) is 53.1 cm³/mol. The summed E-state index contributed by atoms with van der Waals surface area (Å²) in [5.74, 6) is -0.522. The van der Waals surface area contributed by atoms with Crippen molar-refractivity contribution < 1.29 is 10.0 Å². The lowest BCUT2D eigenvalue weighted by Gasteiger charge is -2.14. The summed E-state index contributed by atoms with van der Waals surface area (Å²) < 4.78 is 0. The molecule has 74 valence electrons. The third-order valence-corrected chi connectivity index (χ3v) is 3.02. The van der Waals surface area contributed by atoms with E-state index in [1.54, 1.807) is 12.1 Å². The van der Waals surface area contributed by atoms with E-state index in [0.717, 1.165) is 9.96 Å². The first-order valence-electron chi connectivity index (χ1n) is 3.94. The van der Waals surface area contributed by atoms with Crippen molar-refractivity contribution in [2.24, 2.45) is 11.5 Å². The minimum atomic E-state index is -0.522. The van der Waals surface area contributed by atoms with Crippen LogP contribution in [0.5, 0.6) is 0 Å². The SMILES string of the molecule is NC(=O)c1ccc2c(c1)N(O)C(N)S2. The maximum absolute atomic E-state index is 10.9. The van der Waals surface area contributed by atoms with Crippen LogP contribution in [-0.4, -0.2) is 16.6 Å². The summed E-state index contributed by atoms with van der Waals surface area (Å²) in [4.78, 5) is 11.7. The number of amides is 1. The third-order valence-electron chi connectivity index (χ3n) is 1.98. The highest BCUT2D eigenvalue weighted by Crippen LogP contribution is 2.40. The number of hydrogen-bond acceptors (Lipinski definition) is 5. The van der Waals surface area contributed by atoms with Gasteiger partial charge in [-0.15, -0.1) is 0 Å². The maximum atomic E-state index is 10.9. The Morgan fingerprint density at radius 1 is 1.57 bits per heavy atom. The zero-order valence-corrected chi connectivity index (χ0v) is 7.99. The molecule has 0 aliphatic carbocycles. The van der Waals surface area contributed by atoms with Crippen molar-refractivity contribution in [1.82, 2.24) is 0 Å². The normalized spacial score (nSPS) is 19.6. The third kappa shape index (κ3) is 1.33. The summed E-state index contributed by atoms with van der Waals surface area (Å²) >= 11 is 1.32. The van der Waals surface area contributed by atoms with Gasteiger partial charge in [0.2, 0.25) is 5.91 Å². The van der Waals surface area contributed by atoms with Gasteiger partial charge in [-0.2, -0.15) is 0 Å². The molecule has 5 N–H and O–H groups in total. The highest BCUT2D eigenvalue weighted by atomic mass is 32.2. The molecule has 1 aromatic carbocycles. The summed E-state index contributed by atoms with van der Waals surface area (Å²) in [7, 11) is 0. The lowest BCUT2D eigenvalue weighted by atomic mass is 10.2. The molecular formula is C8H9N3O2S. The van der Waals surface area contributed by atoms with E-state index in [4.69, 9.17) is 11.5 Å². The van der Waals surface area contributed by atoms with Gasteiger partial charge >= 0.3 is 0 Å². The predicted octanol–water partition coefficient (Wildman–Crippen LogP) is 0.329. The van der Waals surface area contributed by atoms with Crippen LogP contribution in [0.3, 0.4) is 0 Å². The largest absolute Gasteiger partial charge is 0.366 e. The van der Waals surface area contributed by atoms with Crippen molar-refractivity contribution in [2.45, 2.75) is 10.4 Å². The summed E-state index contributed by atoms with van der Waals surface area (Å²) in [6, 6.07) is 4.85. The van der Waals surface area contributed by atoms with Crippen molar-refractivity contribution in [3.8, 4) is 0 Å². The van der Waals surface area contributed by atoms with Crippen LogP contribution in [0.4, 0.5) is 5.69 Å². The fraction of sp³-hybridized carbons (Fsp3) is 0.125. The maximum Gasteiger partial charge on any atom is 0.248 e. The van der Waals surface area contributed by atoms with Crippen LogP contribution in [0, 0.1) is 0 Å². The number of fused-ring (bicyclic) bond motifs is 1. The van der Waals surface area contributed by atoms with Crippen LogP contribution in [0.25, 0.3) is 0 Å². The number of carbonyl (C=O) groups excluding carboxylic acids is 1. The molecule has 1 atom stereocenters. The quantitative estimate of drug-likeness (QED) is 0.622. The number of rotatable bonds is 1. The van der Waals surface area contributed by atoms with Crippen LogP contribution >= 0.6 is 11.8 Å². The zero-order valence-electron chi connectivity index (χ0n) is 7.18. The van der Waals surface area contributed by atoms with Gasteiger partial charge < -0.3 is 11.5 Å². The molecule has 1 heterocycles. The molecule has 0 saturated carbocycles. The molecule has 0 bridgehead atoms. The van der Waals surface area contributed by atoms with Crippen molar-refractivity contribution in [3.63, 3.8) is 0 Å². The van der Waals surface area contributed by atoms with E-state index in [9.17, 15) is 10.0 Å². The van der Waals surface area contributed by atoms with Crippen LogP contribution < -0.4 is 16.5 Å². The van der Waals surface area contributed by atoms with Crippen LogP contribution in [0.1, 0.15) is 10.4 Å². The molecule has 1 aliphatic heterocycles. The highest BCUT2D eigenvalue weighted by molar-refractivity contribution is 8.00. The first-order valence-corrected chi connectivity index (χ1v) is 4.82. The van der Waals surface area contributed by atoms with Gasteiger partial charge in [0.15, 0.2) is 5.50 Å². The van der Waals surface area contributed by atoms with Gasteiger partial charge in [0.1, 0.15) is 0 Å². The minimum absolute atomic E-state index is 0.359. The molecule has 14 heavy (non-hydrogen) atoms. The Labute approximate surface area is 84.6 Å². The van der Waals surface area contributed by atoms with Crippen LogP contribution in [0.15, 0.2) is 23.1 Å². The Kier molecular flexibility index (Phi) is 2.10. The Balaban J connectivity index is 2.46. The number of anilines is 1. The number of thioether (sulfide) groups is 1. The Morgan fingerprint density at radius 3 is 2.93 bits per heavy atom. The van der Waals surface area contributed by atoms with Crippen LogP contribution in [-0.2, 0) is 0 Å². The molecule has 1 amide bonds. The first kappa shape index (κ1) is 9.32. The summed E-state index contributed by atoms with van der Waals surface area (Å²) in [6.07, 6.45) is 0. The van der Waals surface area contributed by atoms with E-state index in [0.29, 0.717) is 11.3 Å². The number of primary amides is 1. The molecule has 1 aromatic rings. The summed E-state index contributed by atoms with van der Waals surface area (Å²) in [6.45, 7) is 0. The average Bonchev–Trinajstić information content (AvgIpc) is 2.43. The first-order chi connectivity index (χ1) is 6.59. The fourth-order valence-electron chi connectivity index (χ4n) is 1.27.